The van der Waals surface area contributed by atoms with Crippen molar-refractivity contribution in [3.05, 3.63) is 95.7 Å². The van der Waals surface area contributed by atoms with E-state index in [-0.39, 0.29) is 37.6 Å². The summed E-state index contributed by atoms with van der Waals surface area (Å²) in [5.41, 5.74) is 5.74. The van der Waals surface area contributed by atoms with Crippen LogP contribution in [0.15, 0.2) is 72.9 Å². The zero-order chi connectivity index (χ0) is 30.0. The number of pyridine rings is 2. The van der Waals surface area contributed by atoms with Crippen molar-refractivity contribution < 1.29 is 30.9 Å². The maximum Gasteiger partial charge on any atom is 0.217 e. The van der Waals surface area contributed by atoms with Crippen molar-refractivity contribution in [3.8, 4) is 23.2 Å². The zero-order valence-corrected chi connectivity index (χ0v) is 28.3. The number of aromatic hydroxyl groups is 1. The van der Waals surface area contributed by atoms with E-state index in [1.807, 2.05) is 24.4 Å². The molecule has 0 fully saturated rings. The Morgan fingerprint density at radius 3 is 2.26 bits per heavy atom. The van der Waals surface area contributed by atoms with Gasteiger partial charge in [-0.3, -0.25) is 0 Å². The largest absolute Gasteiger partial charge is 0.506 e. The smallest absolute Gasteiger partial charge is 0.217 e. The molecular weight excluding hydrogens is 714 g/mol. The predicted molar refractivity (Wildman–Crippen MR) is 172 cm³/mol. The van der Waals surface area contributed by atoms with Crippen molar-refractivity contribution >= 4 is 32.7 Å². The van der Waals surface area contributed by atoms with Gasteiger partial charge in [0.25, 0.3) is 0 Å². The van der Waals surface area contributed by atoms with Gasteiger partial charge in [-0.1, -0.05) is 90.6 Å². The fourth-order valence-corrected chi connectivity index (χ4v) is 5.80. The van der Waals surface area contributed by atoms with Gasteiger partial charge in [0.2, 0.25) is 5.88 Å². The minimum atomic E-state index is -0.176. The first-order valence-electron chi connectivity index (χ1n) is 14.6. The van der Waals surface area contributed by atoms with E-state index < -0.39 is 0 Å². The molecule has 0 aliphatic heterocycles. The molecule has 224 valence electrons. The Bertz CT molecular complexity index is 1980. The van der Waals surface area contributed by atoms with E-state index in [0.717, 1.165) is 44.1 Å². The van der Waals surface area contributed by atoms with Crippen molar-refractivity contribution in [3.63, 3.8) is 0 Å². The number of ether oxygens (including phenoxy) is 1. The summed E-state index contributed by atoms with van der Waals surface area (Å²) in [5, 5.41) is 13.9. The van der Waals surface area contributed by atoms with E-state index in [1.165, 1.54) is 5.56 Å². The third-order valence-corrected chi connectivity index (χ3v) is 7.97. The van der Waals surface area contributed by atoms with Gasteiger partial charge < -0.3 is 14.4 Å². The molecule has 0 saturated heterocycles. The van der Waals surface area contributed by atoms with Gasteiger partial charge in [0.15, 0.2) is 0 Å². The molecule has 0 aliphatic carbocycles. The quantitative estimate of drug-likeness (QED) is 0.182. The van der Waals surface area contributed by atoms with Crippen LogP contribution in [0.2, 0.25) is 0 Å². The maximum absolute atomic E-state index is 10.7. The van der Waals surface area contributed by atoms with Crippen LogP contribution in [0, 0.1) is 6.07 Å². The van der Waals surface area contributed by atoms with Crippen LogP contribution in [0.1, 0.15) is 78.0 Å². The number of hydrogen-bond donors (Lipinski definition) is 1. The normalized spacial score (nSPS) is 12.3. The number of para-hydroxylation sites is 1. The second-order valence-corrected chi connectivity index (χ2v) is 13.5. The first kappa shape index (κ1) is 30.8. The van der Waals surface area contributed by atoms with Crippen LogP contribution >= 0.6 is 0 Å². The average molecular weight is 752 g/mol. The van der Waals surface area contributed by atoms with Crippen molar-refractivity contribution in [1.82, 2.24) is 14.5 Å². The van der Waals surface area contributed by atoms with Gasteiger partial charge in [-0.15, -0.1) is 17.7 Å². The molecule has 5 nitrogen and oxygen atoms in total. The molecule has 6 rings (SSSR count). The van der Waals surface area contributed by atoms with Gasteiger partial charge in [-0.05, 0) is 63.6 Å². The molecule has 3 aromatic carbocycles. The molecule has 3 aromatic heterocycles. The van der Waals surface area contributed by atoms with Gasteiger partial charge in [0.05, 0.1) is 0 Å². The molecule has 0 unspecified atom stereocenters. The topological polar surface area (TPSA) is 60.2 Å². The Labute approximate surface area is 268 Å². The van der Waals surface area contributed by atoms with Crippen LogP contribution in [0.4, 0.5) is 0 Å². The Hall–Kier alpha value is -3.69. The molecule has 0 radical (unpaired) electrons. The van der Waals surface area contributed by atoms with Gasteiger partial charge in [0, 0.05) is 50.0 Å². The van der Waals surface area contributed by atoms with Crippen LogP contribution in [-0.2, 0) is 31.9 Å². The SMILES string of the molecule is CC(C)c1ccnc(-n2c3[c-]c(Oc4ccc5c(C(C)(C)C)ccc(O)c5n4)cc(C(C)(C)C)c3c3ccccc32)c1.[Pt]. The molecule has 0 saturated carbocycles. The first-order chi connectivity index (χ1) is 19.8. The summed E-state index contributed by atoms with van der Waals surface area (Å²) in [5.74, 6) is 2.33. The number of phenolic OH excluding ortho intramolecular Hbond substituents is 1. The molecule has 0 aliphatic rings. The summed E-state index contributed by atoms with van der Waals surface area (Å²) in [6.45, 7) is 17.5. The van der Waals surface area contributed by atoms with E-state index in [4.69, 9.17) is 14.7 Å². The fourth-order valence-electron chi connectivity index (χ4n) is 5.80. The average Bonchev–Trinajstić information content (AvgIpc) is 3.26. The van der Waals surface area contributed by atoms with Crippen LogP contribution in [-0.4, -0.2) is 19.6 Å². The molecule has 0 bridgehead atoms. The number of rotatable bonds is 4. The molecule has 0 atom stereocenters. The zero-order valence-electron chi connectivity index (χ0n) is 26.0. The Morgan fingerprint density at radius 1 is 0.837 bits per heavy atom. The first-order valence-corrected chi connectivity index (χ1v) is 14.6. The van der Waals surface area contributed by atoms with Crippen molar-refractivity contribution in [2.45, 2.75) is 72.1 Å². The van der Waals surface area contributed by atoms with E-state index in [0.29, 0.717) is 23.1 Å². The molecule has 0 spiro atoms. The molecule has 3 heterocycles. The van der Waals surface area contributed by atoms with E-state index in [2.05, 4.69) is 108 Å². The Kier molecular flexibility index (Phi) is 7.94. The van der Waals surface area contributed by atoms with Gasteiger partial charge in [0.1, 0.15) is 17.1 Å². The standard InChI is InChI=1S/C37H38N3O2.Pt/c1-22(2)23-17-18-38-32(19-23)40-29-12-10-9-11-26(29)34-28(37(6,7)8)20-24(21-30(34)40)42-33-16-13-25-27(36(3,4)5)14-15-31(41)35(25)39-33;/h9-20,22,41H,1-8H3;/q-1;. The minimum Gasteiger partial charge on any atom is -0.506 e. The third-order valence-electron chi connectivity index (χ3n) is 7.97. The Morgan fingerprint density at radius 2 is 1.56 bits per heavy atom. The van der Waals surface area contributed by atoms with Crippen LogP contribution < -0.4 is 4.74 Å². The maximum atomic E-state index is 10.7. The summed E-state index contributed by atoms with van der Waals surface area (Å²) < 4.78 is 8.64. The summed E-state index contributed by atoms with van der Waals surface area (Å²) in [7, 11) is 0. The number of benzene rings is 3. The van der Waals surface area contributed by atoms with Gasteiger partial charge >= 0.3 is 0 Å². The van der Waals surface area contributed by atoms with Gasteiger partial charge in [-0.2, -0.15) is 0 Å². The summed E-state index contributed by atoms with van der Waals surface area (Å²) in [4.78, 5) is 9.56. The van der Waals surface area contributed by atoms with Crippen LogP contribution in [0.5, 0.6) is 17.4 Å². The fraction of sp³-hybridized carbons (Fsp3) is 0.297. The van der Waals surface area contributed by atoms with Crippen molar-refractivity contribution in [1.29, 1.82) is 0 Å². The third kappa shape index (κ3) is 5.56. The molecule has 6 aromatic rings. The molecular formula is C37H38N3O2Pt-. The second kappa shape index (κ2) is 11.1. The van der Waals surface area contributed by atoms with Crippen molar-refractivity contribution in [2.75, 3.05) is 0 Å². The minimum absolute atomic E-state index is 0. The Balaban J connectivity index is 0.00000368. The second-order valence-electron chi connectivity index (χ2n) is 13.5. The number of nitrogens with zero attached hydrogens (tertiary/aromatic N) is 3. The van der Waals surface area contributed by atoms with E-state index in [9.17, 15) is 5.11 Å². The van der Waals surface area contributed by atoms with Crippen LogP contribution in [0.3, 0.4) is 0 Å². The predicted octanol–water partition coefficient (Wildman–Crippen LogP) is 9.74. The number of phenols is 1. The monoisotopic (exact) mass is 751 g/mol. The summed E-state index contributed by atoms with van der Waals surface area (Å²) >= 11 is 0. The van der Waals surface area contributed by atoms with Crippen molar-refractivity contribution in [2.24, 2.45) is 0 Å². The number of fused-ring (bicyclic) bond motifs is 4. The molecule has 1 N–H and O–H groups in total. The van der Waals surface area contributed by atoms with E-state index >= 15 is 0 Å². The number of aromatic nitrogens is 3. The summed E-state index contributed by atoms with van der Waals surface area (Å²) in [6, 6.07) is 25.9. The van der Waals surface area contributed by atoms with Gasteiger partial charge in [-0.25, -0.2) is 9.97 Å². The number of hydrogen-bond acceptors (Lipinski definition) is 4. The van der Waals surface area contributed by atoms with Crippen LogP contribution in [0.25, 0.3) is 38.5 Å². The molecule has 0 amide bonds. The molecule has 43 heavy (non-hydrogen) atoms. The van der Waals surface area contributed by atoms with E-state index in [1.54, 1.807) is 6.07 Å². The summed E-state index contributed by atoms with van der Waals surface area (Å²) in [6.07, 6.45) is 1.88. The molecule has 6 heteroatoms.